The first-order chi connectivity index (χ1) is 8.81. The molecule has 0 aromatic rings. The van der Waals surface area contributed by atoms with E-state index in [0.29, 0.717) is 6.04 Å². The summed E-state index contributed by atoms with van der Waals surface area (Å²) in [7, 11) is 0. The Morgan fingerprint density at radius 1 is 0.778 bits per heavy atom. The summed E-state index contributed by atoms with van der Waals surface area (Å²) in [5.74, 6) is 0. The Hall–Kier alpha value is -0.300. The topological polar surface area (TPSA) is 26.0 Å². The molecule has 0 radical (unpaired) electrons. The molecule has 0 bridgehead atoms. The molecule has 0 aliphatic heterocycles. The average Bonchev–Trinajstić information content (AvgIpc) is 2.38. The van der Waals surface area contributed by atoms with E-state index in [1.807, 2.05) is 0 Å². The van der Waals surface area contributed by atoms with Gasteiger partial charge in [-0.3, -0.25) is 0 Å². The second-order valence-electron chi connectivity index (χ2n) is 5.52. The Labute approximate surface area is 115 Å². The summed E-state index contributed by atoms with van der Waals surface area (Å²) in [4.78, 5) is 0. The Kier molecular flexibility index (Phi) is 14.5. The van der Waals surface area contributed by atoms with Crippen molar-refractivity contribution < 1.29 is 0 Å². The minimum atomic E-state index is 0.387. The minimum Gasteiger partial charge on any atom is -0.327 e. The van der Waals surface area contributed by atoms with Crippen molar-refractivity contribution in [2.24, 2.45) is 5.73 Å². The van der Waals surface area contributed by atoms with Crippen molar-refractivity contribution in [3.63, 3.8) is 0 Å². The smallest absolute Gasteiger partial charge is 0.00734 e. The van der Waals surface area contributed by atoms with Crippen LogP contribution in [0.2, 0.25) is 0 Å². The molecule has 0 aliphatic carbocycles. The van der Waals surface area contributed by atoms with Crippen LogP contribution < -0.4 is 5.73 Å². The van der Waals surface area contributed by atoms with Crippen LogP contribution in [0.1, 0.15) is 90.9 Å². The van der Waals surface area contributed by atoms with Gasteiger partial charge in [-0.05, 0) is 25.7 Å². The fourth-order valence-corrected chi connectivity index (χ4v) is 2.21. The van der Waals surface area contributed by atoms with Gasteiger partial charge in [0.05, 0.1) is 0 Å². The summed E-state index contributed by atoms with van der Waals surface area (Å²) in [5, 5.41) is 0. The zero-order valence-corrected chi connectivity index (χ0v) is 12.8. The van der Waals surface area contributed by atoms with Crippen LogP contribution in [0.4, 0.5) is 0 Å². The van der Waals surface area contributed by atoms with Gasteiger partial charge >= 0.3 is 0 Å². The molecule has 0 aliphatic rings. The molecular weight excluding hydrogens is 218 g/mol. The molecule has 0 heterocycles. The zero-order chi connectivity index (χ0) is 13.5. The van der Waals surface area contributed by atoms with Crippen LogP contribution in [0.25, 0.3) is 0 Å². The molecule has 0 fully saturated rings. The summed E-state index contributed by atoms with van der Waals surface area (Å²) >= 11 is 0. The molecule has 0 saturated heterocycles. The van der Waals surface area contributed by atoms with Gasteiger partial charge in [0.1, 0.15) is 0 Å². The van der Waals surface area contributed by atoms with E-state index in [9.17, 15) is 0 Å². The molecule has 108 valence electrons. The number of allylic oxidation sites excluding steroid dienone is 1. The van der Waals surface area contributed by atoms with Crippen molar-refractivity contribution in [2.45, 2.75) is 96.9 Å². The number of unbranched alkanes of at least 4 members (excludes halogenated alkanes) is 8. The van der Waals surface area contributed by atoms with Crippen LogP contribution in [0.15, 0.2) is 12.2 Å². The monoisotopic (exact) mass is 253 g/mol. The first-order valence-corrected chi connectivity index (χ1v) is 8.21. The highest BCUT2D eigenvalue weighted by atomic mass is 14.6. The summed E-state index contributed by atoms with van der Waals surface area (Å²) in [6.07, 6.45) is 20.3. The third-order valence-electron chi connectivity index (χ3n) is 3.51. The van der Waals surface area contributed by atoms with Gasteiger partial charge in [-0.15, -0.1) is 0 Å². The van der Waals surface area contributed by atoms with Crippen molar-refractivity contribution in [3.8, 4) is 0 Å². The van der Waals surface area contributed by atoms with Crippen LogP contribution in [0.3, 0.4) is 0 Å². The molecule has 0 amide bonds. The molecule has 0 aromatic heterocycles. The Balaban J connectivity index is 3.23. The van der Waals surface area contributed by atoms with Crippen molar-refractivity contribution in [1.82, 2.24) is 0 Å². The summed E-state index contributed by atoms with van der Waals surface area (Å²) in [6.45, 7) is 4.52. The molecule has 1 unspecified atom stereocenters. The molecular formula is C17H35N. The number of rotatable bonds is 13. The van der Waals surface area contributed by atoms with E-state index in [2.05, 4.69) is 26.0 Å². The molecule has 0 saturated carbocycles. The maximum Gasteiger partial charge on any atom is 0.00734 e. The fraction of sp³-hybridized carbons (Fsp3) is 0.882. The Morgan fingerprint density at radius 3 is 2.06 bits per heavy atom. The normalized spacial score (nSPS) is 13.3. The van der Waals surface area contributed by atoms with E-state index in [4.69, 9.17) is 5.73 Å². The SMILES string of the molecule is CCCCCCC/C=C/CC(N)CCCCCC. The van der Waals surface area contributed by atoms with E-state index in [0.717, 1.165) is 6.42 Å². The molecule has 0 rings (SSSR count). The van der Waals surface area contributed by atoms with Crippen molar-refractivity contribution in [1.29, 1.82) is 0 Å². The third kappa shape index (κ3) is 13.8. The largest absolute Gasteiger partial charge is 0.327 e. The van der Waals surface area contributed by atoms with Crippen LogP contribution in [-0.4, -0.2) is 6.04 Å². The Bertz CT molecular complexity index is 174. The van der Waals surface area contributed by atoms with Gasteiger partial charge in [-0.1, -0.05) is 77.4 Å². The molecule has 2 N–H and O–H groups in total. The summed E-state index contributed by atoms with van der Waals surface area (Å²) < 4.78 is 0. The lowest BCUT2D eigenvalue weighted by molar-refractivity contribution is 0.551. The molecule has 18 heavy (non-hydrogen) atoms. The highest BCUT2D eigenvalue weighted by Gasteiger charge is 1.98. The predicted octanol–water partition coefficient (Wildman–Crippen LogP) is 5.59. The standard InChI is InChI=1S/C17H35N/c1-3-5-7-9-10-11-12-14-16-17(18)15-13-8-6-4-2/h12,14,17H,3-11,13,15-16,18H2,1-2H3/b14-12+. The Morgan fingerprint density at radius 2 is 1.39 bits per heavy atom. The van der Waals surface area contributed by atoms with Crippen LogP contribution >= 0.6 is 0 Å². The molecule has 1 atom stereocenters. The van der Waals surface area contributed by atoms with E-state index in [1.54, 1.807) is 0 Å². The van der Waals surface area contributed by atoms with Crippen LogP contribution in [-0.2, 0) is 0 Å². The van der Waals surface area contributed by atoms with Gasteiger partial charge in [-0.25, -0.2) is 0 Å². The van der Waals surface area contributed by atoms with Gasteiger partial charge < -0.3 is 5.73 Å². The van der Waals surface area contributed by atoms with Crippen molar-refractivity contribution in [2.75, 3.05) is 0 Å². The van der Waals surface area contributed by atoms with Gasteiger partial charge in [-0.2, -0.15) is 0 Å². The van der Waals surface area contributed by atoms with Crippen molar-refractivity contribution >= 4 is 0 Å². The number of hydrogen-bond donors (Lipinski definition) is 1. The lowest BCUT2D eigenvalue weighted by atomic mass is 10.0. The highest BCUT2D eigenvalue weighted by Crippen LogP contribution is 2.08. The average molecular weight is 253 g/mol. The van der Waals surface area contributed by atoms with Gasteiger partial charge in [0.2, 0.25) is 0 Å². The molecule has 0 spiro atoms. The first-order valence-electron chi connectivity index (χ1n) is 8.21. The second-order valence-corrected chi connectivity index (χ2v) is 5.52. The van der Waals surface area contributed by atoms with E-state index in [1.165, 1.54) is 70.6 Å². The van der Waals surface area contributed by atoms with Crippen LogP contribution in [0.5, 0.6) is 0 Å². The zero-order valence-electron chi connectivity index (χ0n) is 12.8. The van der Waals surface area contributed by atoms with E-state index in [-0.39, 0.29) is 0 Å². The maximum absolute atomic E-state index is 6.09. The lowest BCUT2D eigenvalue weighted by Crippen LogP contribution is -2.18. The maximum atomic E-state index is 6.09. The van der Waals surface area contributed by atoms with Gasteiger partial charge in [0.25, 0.3) is 0 Å². The van der Waals surface area contributed by atoms with E-state index < -0.39 is 0 Å². The predicted molar refractivity (Wildman–Crippen MR) is 83.9 cm³/mol. The minimum absolute atomic E-state index is 0.387. The van der Waals surface area contributed by atoms with Crippen molar-refractivity contribution in [3.05, 3.63) is 12.2 Å². The lowest BCUT2D eigenvalue weighted by Gasteiger charge is -2.08. The quantitative estimate of drug-likeness (QED) is 0.336. The molecule has 1 heteroatoms. The summed E-state index contributed by atoms with van der Waals surface area (Å²) in [5.41, 5.74) is 6.09. The first kappa shape index (κ1) is 17.7. The van der Waals surface area contributed by atoms with E-state index >= 15 is 0 Å². The fourth-order valence-electron chi connectivity index (χ4n) is 2.21. The molecule has 1 nitrogen and oxygen atoms in total. The number of nitrogens with two attached hydrogens (primary N) is 1. The second kappa shape index (κ2) is 14.8. The van der Waals surface area contributed by atoms with Gasteiger partial charge in [0.15, 0.2) is 0 Å². The molecule has 0 aromatic carbocycles. The number of hydrogen-bond acceptors (Lipinski definition) is 1. The highest BCUT2D eigenvalue weighted by molar-refractivity contribution is 4.85. The third-order valence-corrected chi connectivity index (χ3v) is 3.51. The van der Waals surface area contributed by atoms with Gasteiger partial charge in [0, 0.05) is 6.04 Å². The summed E-state index contributed by atoms with van der Waals surface area (Å²) in [6, 6.07) is 0.387. The van der Waals surface area contributed by atoms with Crippen LogP contribution in [0, 0.1) is 0 Å².